The topological polar surface area (TPSA) is 76.4 Å². The molecule has 2 saturated carbocycles. The van der Waals surface area contributed by atoms with Gasteiger partial charge in [0.25, 0.3) is 5.91 Å². The molecular formula is C27H49N3O2. The summed E-state index contributed by atoms with van der Waals surface area (Å²) in [5.41, 5.74) is 7.35. The molecule has 5 heteroatoms. The third-order valence-corrected chi connectivity index (χ3v) is 7.23. The third-order valence-electron chi connectivity index (χ3n) is 7.23. The molecule has 32 heavy (non-hydrogen) atoms. The van der Waals surface area contributed by atoms with E-state index in [2.05, 4.69) is 24.5 Å². The first kappa shape index (κ1) is 27.1. The molecule has 0 aromatic rings. The normalized spacial score (nSPS) is 20.4. The van der Waals surface area contributed by atoms with Crippen LogP contribution in [-0.4, -0.2) is 43.8 Å². The van der Waals surface area contributed by atoms with Crippen LogP contribution in [0.25, 0.3) is 0 Å². The number of carbonyl (C=O) groups is 1. The minimum Gasteiger partial charge on any atom is -0.374 e. The number of ether oxygens (including phenoxy) is 1. The summed E-state index contributed by atoms with van der Waals surface area (Å²) in [7, 11) is 0. The van der Waals surface area contributed by atoms with E-state index in [0.29, 0.717) is 18.0 Å². The molecule has 0 radical (unpaired) electrons. The summed E-state index contributed by atoms with van der Waals surface area (Å²) in [4.78, 5) is 13.4. The second kappa shape index (κ2) is 14.2. The van der Waals surface area contributed by atoms with Crippen LogP contribution in [-0.2, 0) is 9.53 Å². The second-order valence-electron chi connectivity index (χ2n) is 10.2. The second-order valence-corrected chi connectivity index (χ2v) is 10.2. The van der Waals surface area contributed by atoms with Gasteiger partial charge in [-0.3, -0.25) is 4.79 Å². The smallest absolute Gasteiger partial charge is 0.251 e. The van der Waals surface area contributed by atoms with Gasteiger partial charge in [0.2, 0.25) is 0 Å². The summed E-state index contributed by atoms with van der Waals surface area (Å²) in [5.74, 6) is 1.50. The summed E-state index contributed by atoms with van der Waals surface area (Å²) >= 11 is 0. The molecule has 1 atom stereocenters. The van der Waals surface area contributed by atoms with Gasteiger partial charge in [0.05, 0.1) is 18.2 Å². The van der Waals surface area contributed by atoms with Gasteiger partial charge in [0.15, 0.2) is 0 Å². The Kier molecular flexibility index (Phi) is 12.0. The fraction of sp³-hybridized carbons (Fsp3) is 0.815. The monoisotopic (exact) mass is 447 g/mol. The number of nitrogens with one attached hydrogen (secondary N) is 2. The van der Waals surface area contributed by atoms with Gasteiger partial charge in [0.1, 0.15) is 0 Å². The zero-order valence-corrected chi connectivity index (χ0v) is 21.2. The molecule has 1 amide bonds. The molecule has 184 valence electrons. The highest BCUT2D eigenvalue weighted by Crippen LogP contribution is 2.30. The average molecular weight is 448 g/mol. The van der Waals surface area contributed by atoms with Crippen LogP contribution in [0.2, 0.25) is 0 Å². The van der Waals surface area contributed by atoms with Gasteiger partial charge in [-0.15, -0.1) is 0 Å². The highest BCUT2D eigenvalue weighted by atomic mass is 16.5. The lowest BCUT2D eigenvalue weighted by Gasteiger charge is -2.39. The molecule has 0 spiro atoms. The average Bonchev–Trinajstić information content (AvgIpc) is 3.62. The molecule has 5 nitrogen and oxygen atoms in total. The van der Waals surface area contributed by atoms with Gasteiger partial charge in [0, 0.05) is 18.7 Å². The van der Waals surface area contributed by atoms with Crippen LogP contribution in [0.3, 0.4) is 0 Å². The van der Waals surface area contributed by atoms with Crippen LogP contribution in [0.1, 0.15) is 91.9 Å². The Morgan fingerprint density at radius 1 is 1.19 bits per heavy atom. The Bertz CT molecular complexity index is 614. The maximum Gasteiger partial charge on any atom is 0.251 e. The summed E-state index contributed by atoms with van der Waals surface area (Å²) in [6.45, 7) is 11.7. The fourth-order valence-electron chi connectivity index (χ4n) is 4.61. The summed E-state index contributed by atoms with van der Waals surface area (Å²) in [6.07, 6.45) is 15.7. The van der Waals surface area contributed by atoms with Crippen molar-refractivity contribution in [1.82, 2.24) is 10.6 Å². The Labute approximate surface area is 197 Å². The standard InChI is InChI=1S/C27H49N3O2/c1-5-23(6-2)12-15-29-20-27(13-8-7-9-14-27)30-26(31)25(16-21(3)18-28)17-22(4)32-19-24-10-11-24/h16-17,22-24,29H,5-15,18-20,28H2,1-4H3,(H,30,31)/b21-16-,25-17?. The predicted molar refractivity (Wildman–Crippen MR) is 135 cm³/mol. The molecule has 0 aliphatic heterocycles. The minimum atomic E-state index is -0.162. The lowest BCUT2D eigenvalue weighted by molar-refractivity contribution is -0.119. The molecule has 0 aromatic carbocycles. The molecule has 2 aliphatic rings. The molecule has 0 aromatic heterocycles. The number of hydrogen-bond acceptors (Lipinski definition) is 4. The SMILES string of the molecule is CCC(CC)CCNCC1(NC(=O)C(=CC(C)OCC2CC2)/C=C(/C)CN)CCCCC1. The van der Waals surface area contributed by atoms with Crippen LogP contribution in [0, 0.1) is 11.8 Å². The van der Waals surface area contributed by atoms with Crippen molar-refractivity contribution < 1.29 is 9.53 Å². The van der Waals surface area contributed by atoms with Crippen molar-refractivity contribution in [1.29, 1.82) is 0 Å². The Hall–Kier alpha value is -1.17. The van der Waals surface area contributed by atoms with E-state index >= 15 is 0 Å². The van der Waals surface area contributed by atoms with Crippen LogP contribution < -0.4 is 16.4 Å². The van der Waals surface area contributed by atoms with Crippen molar-refractivity contribution in [2.75, 3.05) is 26.2 Å². The van der Waals surface area contributed by atoms with Gasteiger partial charge >= 0.3 is 0 Å². The molecule has 2 aliphatic carbocycles. The van der Waals surface area contributed by atoms with E-state index in [4.69, 9.17) is 10.5 Å². The van der Waals surface area contributed by atoms with Gasteiger partial charge in [-0.1, -0.05) is 51.5 Å². The highest BCUT2D eigenvalue weighted by molar-refractivity contribution is 5.97. The molecule has 2 fully saturated rings. The van der Waals surface area contributed by atoms with Crippen LogP contribution >= 0.6 is 0 Å². The molecule has 0 heterocycles. The first-order valence-electron chi connectivity index (χ1n) is 13.1. The van der Waals surface area contributed by atoms with Crippen LogP contribution in [0.15, 0.2) is 23.3 Å². The molecule has 0 bridgehead atoms. The summed E-state index contributed by atoms with van der Waals surface area (Å²) < 4.78 is 5.97. The van der Waals surface area contributed by atoms with Gasteiger partial charge in [-0.2, -0.15) is 0 Å². The maximum atomic E-state index is 13.4. The van der Waals surface area contributed by atoms with E-state index in [1.807, 2.05) is 26.0 Å². The quantitative estimate of drug-likeness (QED) is 0.190. The van der Waals surface area contributed by atoms with E-state index < -0.39 is 0 Å². The highest BCUT2D eigenvalue weighted by Gasteiger charge is 2.34. The zero-order valence-electron chi connectivity index (χ0n) is 21.2. The maximum absolute atomic E-state index is 13.4. The van der Waals surface area contributed by atoms with Gasteiger partial charge < -0.3 is 21.1 Å². The van der Waals surface area contributed by atoms with E-state index in [1.54, 1.807) is 0 Å². The first-order valence-corrected chi connectivity index (χ1v) is 13.1. The number of nitrogens with two attached hydrogens (primary N) is 1. The van der Waals surface area contributed by atoms with Crippen molar-refractivity contribution in [3.63, 3.8) is 0 Å². The van der Waals surface area contributed by atoms with Crippen molar-refractivity contribution in [2.24, 2.45) is 17.6 Å². The Balaban J connectivity index is 2.03. The van der Waals surface area contributed by atoms with Gasteiger partial charge in [-0.05, 0) is 76.5 Å². The first-order chi connectivity index (χ1) is 15.4. The van der Waals surface area contributed by atoms with Crippen LogP contribution in [0.5, 0.6) is 0 Å². The van der Waals surface area contributed by atoms with E-state index in [0.717, 1.165) is 44.0 Å². The van der Waals surface area contributed by atoms with E-state index in [1.165, 1.54) is 51.4 Å². The largest absolute Gasteiger partial charge is 0.374 e. The number of rotatable bonds is 15. The van der Waals surface area contributed by atoms with Crippen molar-refractivity contribution in [3.05, 3.63) is 23.3 Å². The number of hydrogen-bond donors (Lipinski definition) is 3. The van der Waals surface area contributed by atoms with Gasteiger partial charge in [-0.25, -0.2) is 0 Å². The number of carbonyl (C=O) groups excluding carboxylic acids is 1. The van der Waals surface area contributed by atoms with Crippen LogP contribution in [0.4, 0.5) is 0 Å². The molecule has 0 saturated heterocycles. The summed E-state index contributed by atoms with van der Waals surface area (Å²) in [5, 5.41) is 7.13. The summed E-state index contributed by atoms with van der Waals surface area (Å²) in [6, 6.07) is 0. The molecule has 4 N–H and O–H groups in total. The van der Waals surface area contributed by atoms with E-state index in [9.17, 15) is 4.79 Å². The molecule has 2 rings (SSSR count). The fourth-order valence-corrected chi connectivity index (χ4v) is 4.61. The van der Waals surface area contributed by atoms with Crippen molar-refractivity contribution in [3.8, 4) is 0 Å². The molecule has 1 unspecified atom stereocenters. The third kappa shape index (κ3) is 9.76. The predicted octanol–water partition coefficient (Wildman–Crippen LogP) is 4.87. The Morgan fingerprint density at radius 3 is 2.47 bits per heavy atom. The lowest BCUT2D eigenvalue weighted by atomic mass is 9.81. The lowest BCUT2D eigenvalue weighted by Crippen LogP contribution is -2.56. The Morgan fingerprint density at radius 2 is 1.88 bits per heavy atom. The van der Waals surface area contributed by atoms with Crippen molar-refractivity contribution in [2.45, 2.75) is 104 Å². The van der Waals surface area contributed by atoms with E-state index in [-0.39, 0.29) is 17.6 Å². The van der Waals surface area contributed by atoms with Crippen molar-refractivity contribution >= 4 is 5.91 Å². The minimum absolute atomic E-state index is 0.00312. The number of amides is 1. The molecular weight excluding hydrogens is 398 g/mol. The zero-order chi connectivity index (χ0) is 23.4.